The molecule has 0 aliphatic carbocycles. The molecule has 2 unspecified atom stereocenters. The van der Waals surface area contributed by atoms with E-state index in [1.54, 1.807) is 6.07 Å². The van der Waals surface area contributed by atoms with Crippen molar-refractivity contribution in [3.63, 3.8) is 0 Å². The normalized spacial score (nSPS) is 19.6. The van der Waals surface area contributed by atoms with Gasteiger partial charge in [-0.2, -0.15) is 5.01 Å². The fourth-order valence-electron chi connectivity index (χ4n) is 4.98. The number of aromatic nitrogens is 1. The zero-order valence-corrected chi connectivity index (χ0v) is 21.1. The summed E-state index contributed by atoms with van der Waals surface area (Å²) in [6.45, 7) is 4.64. The molecule has 0 spiro atoms. The highest BCUT2D eigenvalue weighted by molar-refractivity contribution is 7.15. The summed E-state index contributed by atoms with van der Waals surface area (Å²) in [5.74, 6) is 0. The minimum Gasteiger partial charge on any atom is -0.257 e. The lowest BCUT2D eigenvalue weighted by molar-refractivity contribution is -1.06. The largest absolute Gasteiger partial charge is 0.359 e. The van der Waals surface area contributed by atoms with Crippen LogP contribution >= 0.6 is 22.9 Å². The van der Waals surface area contributed by atoms with E-state index in [0.717, 1.165) is 44.6 Å². The zero-order chi connectivity index (χ0) is 25.4. The van der Waals surface area contributed by atoms with Crippen LogP contribution in [0.5, 0.6) is 0 Å². The van der Waals surface area contributed by atoms with E-state index in [0.29, 0.717) is 23.0 Å². The molecule has 8 nitrogen and oxygen atoms in total. The lowest BCUT2D eigenvalue weighted by Crippen LogP contribution is -2.56. The smallest absolute Gasteiger partial charge is 0.257 e. The number of hydroxylamine groups is 2. The number of thiazole rings is 1. The second-order valence-electron chi connectivity index (χ2n) is 8.27. The van der Waals surface area contributed by atoms with Gasteiger partial charge in [-0.3, -0.25) is 10.1 Å². The van der Waals surface area contributed by atoms with E-state index in [4.69, 9.17) is 16.4 Å². The van der Waals surface area contributed by atoms with Gasteiger partial charge in [0.1, 0.15) is 23.4 Å². The Labute approximate surface area is 216 Å². The van der Waals surface area contributed by atoms with Gasteiger partial charge in [0.25, 0.3) is 0 Å². The molecule has 0 bridgehead atoms. The molecule has 1 aliphatic heterocycles. The van der Waals surface area contributed by atoms with Crippen molar-refractivity contribution in [2.24, 2.45) is 0 Å². The van der Waals surface area contributed by atoms with Gasteiger partial charge in [0, 0.05) is 17.3 Å². The Morgan fingerprint density at radius 3 is 2.64 bits per heavy atom. The Morgan fingerprint density at radius 1 is 1.19 bits per heavy atom. The van der Waals surface area contributed by atoms with Crippen molar-refractivity contribution < 1.29 is 19.3 Å². The molecule has 0 radical (unpaired) electrons. The van der Waals surface area contributed by atoms with E-state index in [9.17, 15) is 14.9 Å². The Morgan fingerprint density at radius 2 is 1.94 bits per heavy atom. The molecule has 2 atom stereocenters. The maximum Gasteiger partial charge on any atom is 0.359 e. The molecule has 2 heterocycles. The third-order valence-electron chi connectivity index (χ3n) is 6.50. The second kappa shape index (κ2) is 9.34. The standard InChI is InChI=1S/C26H22ClN4O4S/c1-3-31(35-16-32)17(2)24(19-10-6-11-20(27)14-19)25(26-28-15-23(36-26)30(33)34)29(31)22-13-7-9-18-8-4-5-12-21(18)22/h4-16,25H,3H2,1-2H3/q+1. The summed E-state index contributed by atoms with van der Waals surface area (Å²) in [5, 5.41) is 16.5. The highest BCUT2D eigenvalue weighted by Crippen LogP contribution is 2.54. The lowest BCUT2D eigenvalue weighted by atomic mass is 9.97. The van der Waals surface area contributed by atoms with Crippen molar-refractivity contribution in [3.05, 3.63) is 104 Å². The average molecular weight is 522 g/mol. The molecule has 0 N–H and O–H groups in total. The van der Waals surface area contributed by atoms with Crippen molar-refractivity contribution in [1.29, 1.82) is 0 Å². The molecular weight excluding hydrogens is 500 g/mol. The minimum absolute atomic E-state index is 0.0660. The molecule has 182 valence electrons. The number of hydrogen-bond acceptors (Lipinski definition) is 7. The molecule has 3 aromatic carbocycles. The van der Waals surface area contributed by atoms with E-state index in [2.05, 4.69) is 4.98 Å². The molecule has 1 aliphatic rings. The molecule has 0 saturated heterocycles. The van der Waals surface area contributed by atoms with Crippen LogP contribution in [0.2, 0.25) is 5.02 Å². The van der Waals surface area contributed by atoms with E-state index < -0.39 is 11.0 Å². The maximum absolute atomic E-state index is 11.9. The Bertz CT molecular complexity index is 1520. The third-order valence-corrected chi connectivity index (χ3v) is 7.74. The number of rotatable bonds is 7. The van der Waals surface area contributed by atoms with Gasteiger partial charge in [-0.05, 0) is 52.2 Å². The third kappa shape index (κ3) is 3.72. The first-order valence-corrected chi connectivity index (χ1v) is 12.5. The van der Waals surface area contributed by atoms with E-state index in [-0.39, 0.29) is 9.76 Å². The van der Waals surface area contributed by atoms with Crippen LogP contribution in [0.1, 0.15) is 30.5 Å². The Kier molecular flexibility index (Phi) is 6.21. The number of fused-ring (bicyclic) bond motifs is 1. The van der Waals surface area contributed by atoms with Gasteiger partial charge in [-0.15, -0.1) is 0 Å². The molecule has 1 aromatic heterocycles. The van der Waals surface area contributed by atoms with Gasteiger partial charge in [0.2, 0.25) is 0 Å². The van der Waals surface area contributed by atoms with Crippen molar-refractivity contribution in [2.75, 3.05) is 11.6 Å². The summed E-state index contributed by atoms with van der Waals surface area (Å²) in [6, 6.07) is 20.6. The number of nitro groups is 1. The van der Waals surface area contributed by atoms with Gasteiger partial charge in [-0.1, -0.05) is 60.1 Å². The number of allylic oxidation sites excluding steroid dienone is 1. The molecule has 4 aromatic rings. The average Bonchev–Trinajstić information content (AvgIpc) is 3.46. The summed E-state index contributed by atoms with van der Waals surface area (Å²) in [6.07, 6.45) is 1.27. The van der Waals surface area contributed by atoms with Gasteiger partial charge in [0.05, 0.1) is 10.5 Å². The summed E-state index contributed by atoms with van der Waals surface area (Å²) < 4.78 is -0.253. The summed E-state index contributed by atoms with van der Waals surface area (Å²) in [5.41, 5.74) is 3.19. The fourth-order valence-corrected chi connectivity index (χ4v) is 6.00. The minimum atomic E-state index is -0.590. The highest BCUT2D eigenvalue weighted by atomic mass is 35.5. The lowest BCUT2D eigenvalue weighted by Gasteiger charge is -2.39. The maximum atomic E-state index is 11.9. The van der Waals surface area contributed by atoms with E-state index in [1.165, 1.54) is 6.20 Å². The number of carbonyl (C=O) groups is 1. The van der Waals surface area contributed by atoms with E-state index in [1.807, 2.05) is 79.5 Å². The van der Waals surface area contributed by atoms with Gasteiger partial charge < -0.3 is 0 Å². The van der Waals surface area contributed by atoms with Crippen molar-refractivity contribution in [3.8, 4) is 0 Å². The van der Waals surface area contributed by atoms with Crippen LogP contribution in [-0.4, -0.2) is 27.7 Å². The molecular formula is C26H22ClN4O4S+. The van der Waals surface area contributed by atoms with Gasteiger partial charge in [0.15, 0.2) is 11.7 Å². The second-order valence-corrected chi connectivity index (χ2v) is 9.75. The van der Waals surface area contributed by atoms with Crippen LogP contribution in [0.4, 0.5) is 10.7 Å². The number of nitrogens with zero attached hydrogens (tertiary/aromatic N) is 4. The van der Waals surface area contributed by atoms with Gasteiger partial charge in [-0.25, -0.2) is 14.6 Å². The zero-order valence-electron chi connectivity index (χ0n) is 19.5. The van der Waals surface area contributed by atoms with Crippen LogP contribution in [0, 0.1) is 10.1 Å². The number of carbonyl (C=O) groups excluding carboxylic acids is 1. The first kappa shape index (κ1) is 23.9. The number of hydrogen-bond donors (Lipinski definition) is 0. The molecule has 0 saturated carbocycles. The van der Waals surface area contributed by atoms with Crippen LogP contribution in [0.25, 0.3) is 16.3 Å². The van der Waals surface area contributed by atoms with Crippen molar-refractivity contribution in [1.82, 2.24) is 4.98 Å². The SMILES string of the molecule is CC[N+]1(OC=O)C(C)=C(c2cccc(Cl)c2)C(c2ncc([N+](=O)[O-])s2)N1c1cccc2ccccc12. The molecule has 5 rings (SSSR count). The van der Waals surface area contributed by atoms with Crippen LogP contribution < -0.4 is 5.01 Å². The fraction of sp³-hybridized carbons (Fsp3) is 0.154. The molecule has 36 heavy (non-hydrogen) atoms. The summed E-state index contributed by atoms with van der Waals surface area (Å²) in [7, 11) is 0. The quantitative estimate of drug-likeness (QED) is 0.116. The van der Waals surface area contributed by atoms with Gasteiger partial charge >= 0.3 is 11.5 Å². The summed E-state index contributed by atoms with van der Waals surface area (Å²) >= 11 is 7.38. The first-order valence-electron chi connectivity index (χ1n) is 11.3. The predicted octanol–water partition coefficient (Wildman–Crippen LogP) is 6.69. The predicted molar refractivity (Wildman–Crippen MR) is 140 cm³/mol. The monoisotopic (exact) mass is 521 g/mol. The summed E-state index contributed by atoms with van der Waals surface area (Å²) in [4.78, 5) is 33.4. The molecule has 0 fully saturated rings. The first-order chi connectivity index (χ1) is 17.4. The Balaban J connectivity index is 1.86. The molecule has 10 heteroatoms. The number of halogens is 1. The number of quaternary nitrogens is 1. The topological polar surface area (TPSA) is 85.6 Å². The van der Waals surface area contributed by atoms with Crippen LogP contribution in [-0.2, 0) is 9.63 Å². The molecule has 0 amide bonds. The number of anilines is 1. The van der Waals surface area contributed by atoms with E-state index >= 15 is 0 Å². The van der Waals surface area contributed by atoms with Crippen LogP contribution in [0.3, 0.4) is 0 Å². The highest BCUT2D eigenvalue weighted by Gasteiger charge is 2.56. The number of benzene rings is 3. The van der Waals surface area contributed by atoms with Crippen molar-refractivity contribution in [2.45, 2.75) is 19.9 Å². The van der Waals surface area contributed by atoms with Crippen molar-refractivity contribution >= 4 is 56.4 Å². The van der Waals surface area contributed by atoms with Crippen LogP contribution in [0.15, 0.2) is 78.6 Å². The Hall–Kier alpha value is -3.79.